The normalized spacial score (nSPS) is 11.5. The van der Waals surface area contributed by atoms with Gasteiger partial charge in [0.2, 0.25) is 11.0 Å². The van der Waals surface area contributed by atoms with Crippen LogP contribution >= 0.6 is 15.2 Å². The first-order valence-electron chi connectivity index (χ1n) is 10.2. The van der Waals surface area contributed by atoms with E-state index in [-0.39, 0.29) is 72.0 Å². The molecular weight excluding hydrogens is 452 g/mol. The molecule has 0 bridgehead atoms. The Bertz CT molecular complexity index is 500. The zero-order valence-electron chi connectivity index (χ0n) is 16.6. The van der Waals surface area contributed by atoms with E-state index in [1.807, 2.05) is 0 Å². The summed E-state index contributed by atoms with van der Waals surface area (Å²) in [6, 6.07) is 0. The van der Waals surface area contributed by atoms with Crippen molar-refractivity contribution >= 4 is 85.4 Å². The van der Waals surface area contributed by atoms with E-state index in [4.69, 9.17) is 19.6 Å². The van der Waals surface area contributed by atoms with Gasteiger partial charge in [0.05, 0.1) is 0 Å². The first kappa shape index (κ1) is 36.2. The molecule has 0 radical (unpaired) electrons. The molecule has 0 aromatic rings. The van der Waals surface area contributed by atoms with Gasteiger partial charge in [-0.1, -0.05) is 77.0 Å². The Kier molecular flexibility index (Phi) is 25.6. The fourth-order valence-electron chi connectivity index (χ4n) is 2.97. The molecule has 12 heteroatoms. The third-order valence-electron chi connectivity index (χ3n) is 4.68. The van der Waals surface area contributed by atoms with Gasteiger partial charge < -0.3 is 19.6 Å². The molecule has 4 N–H and O–H groups in total. The quantitative estimate of drug-likeness (QED) is 0.122. The maximum absolute atomic E-state index is 11.1. The summed E-state index contributed by atoms with van der Waals surface area (Å²) in [7, 11) is -9.07. The molecule has 0 aromatic heterocycles. The van der Waals surface area contributed by atoms with E-state index < -0.39 is 26.2 Å². The van der Waals surface area contributed by atoms with Crippen LogP contribution in [0.15, 0.2) is 0 Å². The van der Waals surface area contributed by atoms with Crippen molar-refractivity contribution < 1.29 is 38.3 Å². The van der Waals surface area contributed by atoms with Gasteiger partial charge in [-0.05, 0) is 12.8 Å². The summed E-state index contributed by atoms with van der Waals surface area (Å²) in [4.78, 5) is 56.8. The van der Waals surface area contributed by atoms with Crippen LogP contribution in [0.3, 0.4) is 0 Å². The van der Waals surface area contributed by atoms with Crippen LogP contribution in [-0.2, 0) is 18.7 Å². The summed E-state index contributed by atoms with van der Waals surface area (Å²) in [6.45, 7) is 0. The molecule has 0 spiro atoms. The van der Waals surface area contributed by atoms with Crippen molar-refractivity contribution in [1.29, 1.82) is 0 Å². The predicted octanol–water partition coefficient (Wildman–Crippen LogP) is 3.34. The Morgan fingerprint density at radius 3 is 0.767 bits per heavy atom. The molecule has 30 heavy (non-hydrogen) atoms. The number of carbonyl (C=O) groups excluding carboxylic acids is 2. The second kappa shape index (κ2) is 21.2. The fraction of sp³-hybridized carbons (Fsp3) is 0.889. The van der Waals surface area contributed by atoms with Gasteiger partial charge in [0.25, 0.3) is 0 Å². The summed E-state index contributed by atoms with van der Waals surface area (Å²) in [5.41, 5.74) is -1.91. The van der Waals surface area contributed by atoms with Gasteiger partial charge in [0, 0.05) is 12.8 Å². The molecule has 0 aliphatic carbocycles. The van der Waals surface area contributed by atoms with Crippen LogP contribution < -0.4 is 0 Å². The molecule has 0 atom stereocenters. The van der Waals surface area contributed by atoms with Gasteiger partial charge in [-0.15, -0.1) is 0 Å². The van der Waals surface area contributed by atoms with E-state index in [0.717, 1.165) is 51.4 Å². The molecule has 170 valence electrons. The van der Waals surface area contributed by atoms with E-state index >= 15 is 0 Å². The van der Waals surface area contributed by atoms with Crippen molar-refractivity contribution in [3.05, 3.63) is 0 Å². The van der Waals surface area contributed by atoms with Crippen molar-refractivity contribution in [2.45, 2.75) is 103 Å². The van der Waals surface area contributed by atoms with E-state index in [1.54, 1.807) is 0 Å². The molecule has 0 heterocycles. The summed E-state index contributed by atoms with van der Waals surface area (Å²) in [6.07, 6.45) is 13.8. The first-order chi connectivity index (χ1) is 13.0. The molecule has 0 aliphatic rings. The maximum atomic E-state index is 11.1. The van der Waals surface area contributed by atoms with Crippen LogP contribution in [0.1, 0.15) is 103 Å². The van der Waals surface area contributed by atoms with Crippen molar-refractivity contribution in [3.63, 3.8) is 0 Å². The zero-order valence-corrected chi connectivity index (χ0v) is 18.4. The van der Waals surface area contributed by atoms with E-state index in [1.165, 1.54) is 25.7 Å². The number of carbonyl (C=O) groups is 2. The van der Waals surface area contributed by atoms with Crippen molar-refractivity contribution in [1.82, 2.24) is 0 Å². The Balaban J connectivity index is -0.00000364. The van der Waals surface area contributed by atoms with Gasteiger partial charge >= 0.3 is 74.3 Å². The molecule has 8 nitrogen and oxygen atoms in total. The van der Waals surface area contributed by atoms with E-state index in [9.17, 15) is 18.7 Å². The van der Waals surface area contributed by atoms with Gasteiger partial charge in [0.15, 0.2) is 0 Å². The minimum atomic E-state index is -4.54. The SMILES string of the molecule is O=C(CCCCCCCCCCCCCCCCC(=O)P(=O)(O)O)P(=O)(O)O.[NaH].[NaH]. The summed E-state index contributed by atoms with van der Waals surface area (Å²) in [5.74, 6) is 0. The monoisotopic (exact) mass is 490 g/mol. The van der Waals surface area contributed by atoms with Crippen LogP contribution in [-0.4, -0.2) is 89.7 Å². The van der Waals surface area contributed by atoms with Gasteiger partial charge in [-0.25, -0.2) is 0 Å². The molecule has 0 aromatic carbocycles. The second-order valence-electron chi connectivity index (χ2n) is 7.33. The summed E-state index contributed by atoms with van der Waals surface area (Å²) >= 11 is 0. The zero-order chi connectivity index (χ0) is 21.5. The Labute approximate surface area is 224 Å². The van der Waals surface area contributed by atoms with E-state index in [2.05, 4.69) is 0 Å². The van der Waals surface area contributed by atoms with Crippen LogP contribution in [0.4, 0.5) is 0 Å². The predicted molar refractivity (Wildman–Crippen MR) is 122 cm³/mol. The Morgan fingerprint density at radius 1 is 0.433 bits per heavy atom. The molecular formula is C18H38Na2O8P2. The molecule has 0 saturated carbocycles. The van der Waals surface area contributed by atoms with Crippen LogP contribution in [0, 0.1) is 0 Å². The van der Waals surface area contributed by atoms with Crippen LogP contribution in [0.2, 0.25) is 0 Å². The van der Waals surface area contributed by atoms with Gasteiger partial charge in [-0.3, -0.25) is 18.7 Å². The number of hydrogen-bond donors (Lipinski definition) is 4. The Morgan fingerprint density at radius 2 is 0.600 bits per heavy atom. The third kappa shape index (κ3) is 22.8. The van der Waals surface area contributed by atoms with Gasteiger partial charge in [0.1, 0.15) is 0 Å². The summed E-state index contributed by atoms with van der Waals surface area (Å²) in [5, 5.41) is 0. The summed E-state index contributed by atoms with van der Waals surface area (Å²) < 4.78 is 21.3. The van der Waals surface area contributed by atoms with E-state index in [0.29, 0.717) is 12.8 Å². The molecule has 0 unspecified atom stereocenters. The number of unbranched alkanes of at least 4 members (excludes halogenated alkanes) is 13. The standard InChI is InChI=1S/C18H36O8P2.2Na.2H/c19-17(27(21,22)23)15-13-11-9-7-5-3-1-2-4-6-8-10-12-14-16-18(20)28(24,25)26;;;;/h1-16H2,(H2,21,22,23)(H2,24,25,26);;;;. The molecule has 0 saturated heterocycles. The van der Waals surface area contributed by atoms with Crippen molar-refractivity contribution in [2.75, 3.05) is 0 Å². The average molecular weight is 490 g/mol. The van der Waals surface area contributed by atoms with Gasteiger partial charge in [-0.2, -0.15) is 0 Å². The second-order valence-corrected chi connectivity index (χ2v) is 10.5. The van der Waals surface area contributed by atoms with Crippen LogP contribution in [0.25, 0.3) is 0 Å². The number of rotatable bonds is 19. The minimum absolute atomic E-state index is 0. The molecule has 0 fully saturated rings. The van der Waals surface area contributed by atoms with Crippen molar-refractivity contribution in [2.24, 2.45) is 0 Å². The molecule has 0 rings (SSSR count). The third-order valence-corrected chi connectivity index (χ3v) is 6.43. The van der Waals surface area contributed by atoms with Crippen LogP contribution in [0.5, 0.6) is 0 Å². The molecule has 0 aliphatic heterocycles. The average Bonchev–Trinajstić information content (AvgIpc) is 2.59. The first-order valence-corrected chi connectivity index (χ1v) is 13.5. The Hall–Kier alpha value is 1.64. The topological polar surface area (TPSA) is 149 Å². The van der Waals surface area contributed by atoms with Crippen molar-refractivity contribution in [3.8, 4) is 0 Å². The number of hydrogen-bond acceptors (Lipinski definition) is 4. The molecule has 0 amide bonds. The fourth-order valence-corrected chi connectivity index (χ4v) is 3.86.